The third-order valence-electron chi connectivity index (χ3n) is 0.858. The van der Waals surface area contributed by atoms with Crippen LogP contribution in [0.4, 0.5) is 0 Å². The molecular formula is C3H7BO. The van der Waals surface area contributed by atoms with Gasteiger partial charge < -0.3 is 4.65 Å². The lowest BCUT2D eigenvalue weighted by Crippen LogP contribution is -1.82. The van der Waals surface area contributed by atoms with Crippen LogP contribution in [0.2, 0.25) is 0 Å². The van der Waals surface area contributed by atoms with E-state index < -0.39 is 0 Å². The highest BCUT2D eigenvalue weighted by Gasteiger charge is 2.18. The first-order valence-corrected chi connectivity index (χ1v) is 1.96. The van der Waals surface area contributed by atoms with Gasteiger partial charge in [-0.25, -0.2) is 0 Å². The Hall–Kier alpha value is 0.0249. The molecule has 1 fully saturated rings. The second-order valence-corrected chi connectivity index (χ2v) is 1.44. The SMILES string of the molecule is BOC1CC1. The lowest BCUT2D eigenvalue weighted by atomic mass is 10.6. The molecule has 0 bridgehead atoms. The van der Waals surface area contributed by atoms with E-state index in [9.17, 15) is 0 Å². The van der Waals surface area contributed by atoms with E-state index in [1.54, 1.807) is 8.05 Å². The summed E-state index contributed by atoms with van der Waals surface area (Å²) < 4.78 is 4.86. The van der Waals surface area contributed by atoms with Crippen LogP contribution in [0, 0.1) is 0 Å². The second kappa shape index (κ2) is 1.01. The minimum atomic E-state index is 0.634. The summed E-state index contributed by atoms with van der Waals surface area (Å²) in [5, 5.41) is 0. The maximum atomic E-state index is 4.86. The van der Waals surface area contributed by atoms with Gasteiger partial charge in [-0.2, -0.15) is 0 Å². The molecule has 0 radical (unpaired) electrons. The Labute approximate surface area is 32.8 Å². The van der Waals surface area contributed by atoms with Crippen LogP contribution >= 0.6 is 0 Å². The van der Waals surface area contributed by atoms with Crippen LogP contribution in [0.5, 0.6) is 0 Å². The smallest absolute Gasteiger partial charge is 0.257 e. The Morgan fingerprint density at radius 3 is 2.20 bits per heavy atom. The van der Waals surface area contributed by atoms with Crippen LogP contribution in [0.25, 0.3) is 0 Å². The molecule has 1 aliphatic rings. The molecule has 0 aromatic rings. The Bertz CT molecular complexity index is 33.9. The zero-order valence-electron chi connectivity index (χ0n) is 3.40. The normalized spacial score (nSPS) is 23.2. The van der Waals surface area contributed by atoms with Gasteiger partial charge in [0.05, 0.1) is 0 Å². The highest BCUT2D eigenvalue weighted by molar-refractivity contribution is 5.98. The van der Waals surface area contributed by atoms with E-state index in [0.29, 0.717) is 6.10 Å². The summed E-state index contributed by atoms with van der Waals surface area (Å²) in [4.78, 5) is 0. The fourth-order valence-electron chi connectivity index (χ4n) is 0.304. The molecule has 0 N–H and O–H groups in total. The van der Waals surface area contributed by atoms with Gasteiger partial charge in [0, 0.05) is 6.10 Å². The number of hydrogen-bond acceptors (Lipinski definition) is 1. The zero-order valence-corrected chi connectivity index (χ0v) is 3.40. The molecule has 1 aliphatic carbocycles. The lowest BCUT2D eigenvalue weighted by molar-refractivity contribution is 0.335. The molecular weight excluding hydrogens is 62.8 g/mol. The molecule has 28 valence electrons. The van der Waals surface area contributed by atoms with E-state index in [1.165, 1.54) is 12.8 Å². The van der Waals surface area contributed by atoms with Crippen LogP contribution < -0.4 is 0 Å². The zero-order chi connectivity index (χ0) is 3.70. The molecule has 0 spiro atoms. The highest BCUT2D eigenvalue weighted by atomic mass is 16.4. The Morgan fingerprint density at radius 1 is 1.60 bits per heavy atom. The lowest BCUT2D eigenvalue weighted by Gasteiger charge is -1.81. The first kappa shape index (κ1) is 3.22. The summed E-state index contributed by atoms with van der Waals surface area (Å²) in [6, 6.07) is 0. The van der Waals surface area contributed by atoms with Crippen LogP contribution in [0.1, 0.15) is 12.8 Å². The average molecular weight is 69.9 g/mol. The van der Waals surface area contributed by atoms with Crippen molar-refractivity contribution in [2.75, 3.05) is 0 Å². The Morgan fingerprint density at radius 2 is 2.20 bits per heavy atom. The van der Waals surface area contributed by atoms with Crippen LogP contribution in [-0.2, 0) is 4.65 Å². The second-order valence-electron chi connectivity index (χ2n) is 1.44. The van der Waals surface area contributed by atoms with Crippen molar-refractivity contribution in [2.45, 2.75) is 18.9 Å². The largest absolute Gasteiger partial charge is 0.441 e. The van der Waals surface area contributed by atoms with Gasteiger partial charge >= 0.3 is 0 Å². The van der Waals surface area contributed by atoms with Crippen molar-refractivity contribution in [3.05, 3.63) is 0 Å². The number of hydrogen-bond donors (Lipinski definition) is 0. The predicted octanol–water partition coefficient (Wildman–Crippen LogP) is -0.287. The molecule has 2 heteroatoms. The molecule has 0 aromatic carbocycles. The molecule has 0 heterocycles. The topological polar surface area (TPSA) is 9.23 Å². The van der Waals surface area contributed by atoms with Gasteiger partial charge in [0.1, 0.15) is 0 Å². The van der Waals surface area contributed by atoms with Crippen molar-refractivity contribution < 1.29 is 4.65 Å². The fourth-order valence-corrected chi connectivity index (χ4v) is 0.304. The third kappa shape index (κ3) is 0.654. The van der Waals surface area contributed by atoms with Crippen LogP contribution in [0.15, 0.2) is 0 Å². The van der Waals surface area contributed by atoms with Gasteiger partial charge in [-0.1, -0.05) is 0 Å². The molecule has 0 amide bonds. The fraction of sp³-hybridized carbons (Fsp3) is 1.00. The predicted molar refractivity (Wildman–Crippen MR) is 22.7 cm³/mol. The summed E-state index contributed by atoms with van der Waals surface area (Å²) >= 11 is 0. The molecule has 0 unspecified atom stereocenters. The Balaban J connectivity index is 2.00. The van der Waals surface area contributed by atoms with Crippen molar-refractivity contribution in [1.29, 1.82) is 0 Å². The molecule has 5 heavy (non-hydrogen) atoms. The summed E-state index contributed by atoms with van der Waals surface area (Å²) in [6.45, 7) is 0. The maximum absolute atomic E-state index is 4.86. The minimum Gasteiger partial charge on any atom is -0.441 e. The number of rotatable bonds is 1. The van der Waals surface area contributed by atoms with E-state index in [4.69, 9.17) is 4.65 Å². The van der Waals surface area contributed by atoms with Gasteiger partial charge in [-0.05, 0) is 12.8 Å². The van der Waals surface area contributed by atoms with Gasteiger partial charge in [0.2, 0.25) is 0 Å². The van der Waals surface area contributed by atoms with Gasteiger partial charge in [0.15, 0.2) is 0 Å². The van der Waals surface area contributed by atoms with Gasteiger partial charge in [-0.3, -0.25) is 0 Å². The first-order valence-electron chi connectivity index (χ1n) is 1.96. The van der Waals surface area contributed by atoms with E-state index in [1.807, 2.05) is 0 Å². The molecule has 0 aliphatic heterocycles. The maximum Gasteiger partial charge on any atom is 0.257 e. The monoisotopic (exact) mass is 70.1 g/mol. The molecule has 1 rings (SSSR count). The van der Waals surface area contributed by atoms with Crippen molar-refractivity contribution in [3.63, 3.8) is 0 Å². The first-order chi connectivity index (χ1) is 2.43. The average Bonchev–Trinajstić information content (AvgIpc) is 2.12. The summed E-state index contributed by atoms with van der Waals surface area (Å²) in [5.41, 5.74) is 0. The summed E-state index contributed by atoms with van der Waals surface area (Å²) in [7, 11) is 1.76. The van der Waals surface area contributed by atoms with Crippen molar-refractivity contribution in [3.8, 4) is 0 Å². The van der Waals surface area contributed by atoms with Gasteiger partial charge in [0.25, 0.3) is 8.05 Å². The van der Waals surface area contributed by atoms with Crippen LogP contribution in [-0.4, -0.2) is 14.2 Å². The quantitative estimate of drug-likeness (QED) is 0.385. The molecule has 1 saturated carbocycles. The van der Waals surface area contributed by atoms with E-state index in [-0.39, 0.29) is 0 Å². The summed E-state index contributed by atoms with van der Waals surface area (Å²) in [5.74, 6) is 0. The highest BCUT2D eigenvalue weighted by Crippen LogP contribution is 2.21. The van der Waals surface area contributed by atoms with Crippen LogP contribution in [0.3, 0.4) is 0 Å². The van der Waals surface area contributed by atoms with Crippen molar-refractivity contribution in [1.82, 2.24) is 0 Å². The molecule has 1 nitrogen and oxygen atoms in total. The molecule has 0 atom stereocenters. The van der Waals surface area contributed by atoms with Crippen molar-refractivity contribution in [2.24, 2.45) is 0 Å². The van der Waals surface area contributed by atoms with Gasteiger partial charge in [-0.15, -0.1) is 0 Å². The molecule has 0 saturated heterocycles. The Kier molecular flexibility index (Phi) is 0.654. The van der Waals surface area contributed by atoms with E-state index in [2.05, 4.69) is 0 Å². The molecule has 0 aromatic heterocycles. The standard InChI is InChI=1S/C3H7BO/c4-5-3-1-2-3/h3H,1-2,4H2. The minimum absolute atomic E-state index is 0.634. The van der Waals surface area contributed by atoms with E-state index in [0.717, 1.165) is 0 Å². The van der Waals surface area contributed by atoms with Crippen molar-refractivity contribution >= 4 is 8.05 Å². The third-order valence-corrected chi connectivity index (χ3v) is 0.858. The van der Waals surface area contributed by atoms with E-state index >= 15 is 0 Å². The summed E-state index contributed by atoms with van der Waals surface area (Å²) in [6.07, 6.45) is 3.21.